The lowest BCUT2D eigenvalue weighted by molar-refractivity contribution is 0.598. The van der Waals surface area contributed by atoms with Crippen LogP contribution in [0.3, 0.4) is 0 Å². The number of sulfonamides is 1. The molecule has 2 rings (SSSR count). The SMILES string of the molecule is Nc1ccc(S(=O)(=O)Nc2ccc(Cl)cc2F)c(Cl)c1. The van der Waals surface area contributed by atoms with Gasteiger partial charge in [-0.15, -0.1) is 0 Å². The molecule has 0 aliphatic rings. The molecule has 8 heteroatoms. The van der Waals surface area contributed by atoms with Crippen LogP contribution in [0.1, 0.15) is 0 Å². The van der Waals surface area contributed by atoms with Gasteiger partial charge in [0, 0.05) is 10.7 Å². The average molecular weight is 335 g/mol. The van der Waals surface area contributed by atoms with Gasteiger partial charge in [0.25, 0.3) is 10.0 Å². The molecule has 0 radical (unpaired) electrons. The van der Waals surface area contributed by atoms with E-state index in [1.165, 1.54) is 30.3 Å². The Morgan fingerprint density at radius 3 is 2.40 bits per heavy atom. The zero-order valence-corrected chi connectivity index (χ0v) is 12.2. The molecule has 2 aromatic carbocycles. The minimum Gasteiger partial charge on any atom is -0.399 e. The van der Waals surface area contributed by atoms with Crippen LogP contribution in [-0.4, -0.2) is 8.42 Å². The van der Waals surface area contributed by atoms with Crippen molar-refractivity contribution in [3.63, 3.8) is 0 Å². The molecule has 0 heterocycles. The number of nitrogens with two attached hydrogens (primary N) is 1. The zero-order valence-electron chi connectivity index (χ0n) is 9.90. The number of anilines is 2. The second-order valence-corrected chi connectivity index (χ2v) is 6.41. The number of nitrogens with one attached hydrogen (secondary N) is 1. The van der Waals surface area contributed by atoms with E-state index < -0.39 is 15.8 Å². The molecule has 0 unspecified atom stereocenters. The largest absolute Gasteiger partial charge is 0.399 e. The Balaban J connectivity index is 2.41. The molecule has 0 aliphatic carbocycles. The lowest BCUT2D eigenvalue weighted by Crippen LogP contribution is -2.14. The van der Waals surface area contributed by atoms with E-state index in [2.05, 4.69) is 4.72 Å². The first-order chi connectivity index (χ1) is 9.29. The van der Waals surface area contributed by atoms with Crippen LogP contribution in [-0.2, 0) is 10.0 Å². The van der Waals surface area contributed by atoms with Gasteiger partial charge in [-0.1, -0.05) is 23.2 Å². The number of nitrogen functional groups attached to an aromatic ring is 1. The summed E-state index contributed by atoms with van der Waals surface area (Å²) >= 11 is 11.4. The molecule has 0 amide bonds. The maximum atomic E-state index is 13.6. The van der Waals surface area contributed by atoms with Crippen LogP contribution in [0.5, 0.6) is 0 Å². The maximum Gasteiger partial charge on any atom is 0.263 e. The highest BCUT2D eigenvalue weighted by molar-refractivity contribution is 7.92. The van der Waals surface area contributed by atoms with Crippen molar-refractivity contribution in [2.45, 2.75) is 4.90 Å². The minimum absolute atomic E-state index is 0.0492. The Morgan fingerprint density at radius 1 is 1.10 bits per heavy atom. The molecule has 0 atom stereocenters. The highest BCUT2D eigenvalue weighted by atomic mass is 35.5. The second-order valence-electron chi connectivity index (χ2n) is 3.92. The summed E-state index contributed by atoms with van der Waals surface area (Å²) in [5.41, 5.74) is 5.60. The lowest BCUT2D eigenvalue weighted by atomic mass is 10.3. The van der Waals surface area contributed by atoms with Crippen molar-refractivity contribution in [2.75, 3.05) is 10.5 Å². The van der Waals surface area contributed by atoms with Crippen molar-refractivity contribution in [2.24, 2.45) is 0 Å². The molecular formula is C12H9Cl2FN2O2S. The fourth-order valence-electron chi connectivity index (χ4n) is 1.51. The highest BCUT2D eigenvalue weighted by Gasteiger charge is 2.19. The second kappa shape index (κ2) is 5.47. The van der Waals surface area contributed by atoms with E-state index in [4.69, 9.17) is 28.9 Å². The van der Waals surface area contributed by atoms with Gasteiger partial charge in [0.15, 0.2) is 0 Å². The summed E-state index contributed by atoms with van der Waals surface area (Å²) in [6, 6.07) is 7.53. The van der Waals surface area contributed by atoms with Gasteiger partial charge in [-0.2, -0.15) is 0 Å². The Morgan fingerprint density at radius 2 is 1.80 bits per heavy atom. The van der Waals surface area contributed by atoms with Gasteiger partial charge in [0.1, 0.15) is 10.7 Å². The quantitative estimate of drug-likeness (QED) is 0.843. The smallest absolute Gasteiger partial charge is 0.263 e. The van der Waals surface area contributed by atoms with Gasteiger partial charge in [0.2, 0.25) is 0 Å². The summed E-state index contributed by atoms with van der Waals surface area (Å²) in [6.45, 7) is 0. The standard InChI is InChI=1S/C12H9Cl2FN2O2S/c13-7-1-3-11(10(15)5-7)17-20(18,19)12-4-2-8(16)6-9(12)14/h1-6,17H,16H2. The van der Waals surface area contributed by atoms with E-state index in [1.807, 2.05) is 0 Å². The fourth-order valence-corrected chi connectivity index (χ4v) is 3.29. The van der Waals surface area contributed by atoms with Crippen LogP contribution in [0.4, 0.5) is 15.8 Å². The van der Waals surface area contributed by atoms with Crippen LogP contribution < -0.4 is 10.5 Å². The molecule has 0 aromatic heterocycles. The summed E-state index contributed by atoms with van der Waals surface area (Å²) < 4.78 is 40.0. The molecular weight excluding hydrogens is 326 g/mol. The number of benzene rings is 2. The Labute approximate surface area is 125 Å². The first-order valence-electron chi connectivity index (χ1n) is 5.32. The predicted octanol–water partition coefficient (Wildman–Crippen LogP) is 3.52. The molecule has 0 aliphatic heterocycles. The molecule has 0 saturated carbocycles. The van der Waals surface area contributed by atoms with Gasteiger partial charge in [-0.3, -0.25) is 4.72 Å². The fraction of sp³-hybridized carbons (Fsp3) is 0. The van der Waals surface area contributed by atoms with Crippen molar-refractivity contribution in [3.8, 4) is 0 Å². The summed E-state index contributed by atoms with van der Waals surface area (Å²) in [5, 5.41) is 0.114. The number of halogens is 3. The van der Waals surface area contributed by atoms with Gasteiger partial charge >= 0.3 is 0 Å². The molecule has 4 nitrogen and oxygen atoms in total. The van der Waals surface area contributed by atoms with Crippen LogP contribution >= 0.6 is 23.2 Å². The summed E-state index contributed by atoms with van der Waals surface area (Å²) in [7, 11) is -4.02. The monoisotopic (exact) mass is 334 g/mol. The summed E-state index contributed by atoms with van der Waals surface area (Å²) in [5.74, 6) is -0.785. The van der Waals surface area contributed by atoms with Crippen molar-refractivity contribution >= 4 is 44.6 Å². The van der Waals surface area contributed by atoms with Crippen molar-refractivity contribution < 1.29 is 12.8 Å². The van der Waals surface area contributed by atoms with Gasteiger partial charge < -0.3 is 5.73 Å². The zero-order chi connectivity index (χ0) is 14.9. The Kier molecular flexibility index (Phi) is 4.08. The van der Waals surface area contributed by atoms with Crippen molar-refractivity contribution in [1.82, 2.24) is 0 Å². The third-order valence-corrected chi connectivity index (χ3v) is 4.50. The molecule has 0 fully saturated rings. The first-order valence-corrected chi connectivity index (χ1v) is 7.56. The van der Waals surface area contributed by atoms with Gasteiger partial charge in [0.05, 0.1) is 10.7 Å². The summed E-state index contributed by atoms with van der Waals surface area (Å²) in [4.78, 5) is -0.192. The van der Waals surface area contributed by atoms with Crippen LogP contribution in [0.2, 0.25) is 10.0 Å². The van der Waals surface area contributed by atoms with E-state index in [-0.39, 0.29) is 20.6 Å². The normalized spacial score (nSPS) is 11.3. The molecule has 106 valence electrons. The van der Waals surface area contributed by atoms with Gasteiger partial charge in [-0.25, -0.2) is 12.8 Å². The van der Waals surface area contributed by atoms with E-state index in [0.29, 0.717) is 5.69 Å². The topological polar surface area (TPSA) is 72.2 Å². The highest BCUT2D eigenvalue weighted by Crippen LogP contribution is 2.27. The third kappa shape index (κ3) is 3.15. The maximum absolute atomic E-state index is 13.6. The Bertz CT molecular complexity index is 766. The number of hydrogen-bond acceptors (Lipinski definition) is 3. The van der Waals surface area contributed by atoms with E-state index in [1.54, 1.807) is 0 Å². The summed E-state index contributed by atoms with van der Waals surface area (Å²) in [6.07, 6.45) is 0. The molecule has 3 N–H and O–H groups in total. The van der Waals surface area contributed by atoms with E-state index in [0.717, 1.165) is 6.07 Å². The van der Waals surface area contributed by atoms with Crippen LogP contribution in [0.25, 0.3) is 0 Å². The minimum atomic E-state index is -4.02. The van der Waals surface area contributed by atoms with Gasteiger partial charge in [-0.05, 0) is 36.4 Å². The average Bonchev–Trinajstić information content (AvgIpc) is 2.32. The van der Waals surface area contributed by atoms with Crippen LogP contribution in [0.15, 0.2) is 41.3 Å². The molecule has 0 saturated heterocycles. The van der Waals surface area contributed by atoms with E-state index >= 15 is 0 Å². The third-order valence-electron chi connectivity index (χ3n) is 2.42. The van der Waals surface area contributed by atoms with Crippen molar-refractivity contribution in [3.05, 3.63) is 52.3 Å². The number of rotatable bonds is 3. The van der Waals surface area contributed by atoms with E-state index in [9.17, 15) is 12.8 Å². The van der Waals surface area contributed by atoms with Crippen molar-refractivity contribution in [1.29, 1.82) is 0 Å². The first kappa shape index (κ1) is 14.9. The van der Waals surface area contributed by atoms with Crippen LogP contribution in [0, 0.1) is 5.82 Å². The molecule has 0 bridgehead atoms. The molecule has 20 heavy (non-hydrogen) atoms. The predicted molar refractivity (Wildman–Crippen MR) is 78.1 cm³/mol. The lowest BCUT2D eigenvalue weighted by Gasteiger charge is -2.10. The Hall–Kier alpha value is -1.50. The molecule has 0 spiro atoms. The number of hydrogen-bond donors (Lipinski definition) is 2. The molecule has 2 aromatic rings.